The lowest BCUT2D eigenvalue weighted by molar-refractivity contribution is -0.925. The molecule has 0 spiro atoms. The van der Waals surface area contributed by atoms with E-state index >= 15 is 0 Å². The molecular weight excluding hydrogens is 323 g/mol. The van der Waals surface area contributed by atoms with E-state index in [4.69, 9.17) is 11.6 Å². The predicted molar refractivity (Wildman–Crippen MR) is 89.0 cm³/mol. The van der Waals surface area contributed by atoms with Crippen LogP contribution < -0.4 is 10.2 Å². The van der Waals surface area contributed by atoms with Crippen molar-refractivity contribution in [1.29, 1.82) is 0 Å². The van der Waals surface area contributed by atoms with Crippen molar-refractivity contribution in [2.75, 3.05) is 11.9 Å². The molecule has 0 fully saturated rings. The first-order valence-electron chi connectivity index (χ1n) is 7.14. The summed E-state index contributed by atoms with van der Waals surface area (Å²) in [6.07, 6.45) is 0. The van der Waals surface area contributed by atoms with Crippen LogP contribution in [0.5, 0.6) is 0 Å². The molecule has 0 aliphatic carbocycles. The lowest BCUT2D eigenvalue weighted by Gasteiger charge is -2.23. The third-order valence-electron chi connectivity index (χ3n) is 3.63. The van der Waals surface area contributed by atoms with Crippen molar-refractivity contribution < 1.29 is 14.1 Å². The van der Waals surface area contributed by atoms with Crippen LogP contribution in [0, 0.1) is 5.82 Å². The maximum absolute atomic E-state index is 13.0. The highest BCUT2D eigenvalue weighted by Gasteiger charge is 2.24. The normalized spacial score (nSPS) is 13.6. The third-order valence-corrected chi connectivity index (χ3v) is 4.82. The molecule has 0 bridgehead atoms. The number of nitrogens with one attached hydrogen (secondary N) is 2. The molecule has 2 atom stereocenters. The van der Waals surface area contributed by atoms with Crippen LogP contribution in [-0.2, 0) is 11.3 Å². The molecular formula is C16H19ClFN2OS+. The number of likely N-dealkylation sites (N-methyl/N-ethyl adjacent to an activating group) is 1. The number of hydrogen-bond donors (Lipinski definition) is 2. The number of anilines is 1. The number of benzene rings is 1. The van der Waals surface area contributed by atoms with Crippen LogP contribution in [0.1, 0.15) is 18.7 Å². The molecule has 3 nitrogen and oxygen atoms in total. The van der Waals surface area contributed by atoms with Crippen LogP contribution in [0.15, 0.2) is 35.7 Å². The fourth-order valence-electron chi connectivity index (χ4n) is 2.24. The molecule has 2 rings (SSSR count). The highest BCUT2D eigenvalue weighted by molar-refractivity contribution is 7.09. The second kappa shape index (κ2) is 7.72. The topological polar surface area (TPSA) is 33.5 Å². The fourth-order valence-corrected chi connectivity index (χ4v) is 3.21. The zero-order valence-electron chi connectivity index (χ0n) is 12.5. The fraction of sp³-hybridized carbons (Fsp3) is 0.312. The summed E-state index contributed by atoms with van der Waals surface area (Å²) >= 11 is 7.64. The lowest BCUT2D eigenvalue weighted by Crippen LogP contribution is -3.15. The first-order chi connectivity index (χ1) is 10.5. The number of amides is 1. The summed E-state index contributed by atoms with van der Waals surface area (Å²) in [6.45, 7) is 5.58. The van der Waals surface area contributed by atoms with Gasteiger partial charge in [-0.25, -0.2) is 4.39 Å². The minimum atomic E-state index is -0.422. The summed E-state index contributed by atoms with van der Waals surface area (Å²) in [4.78, 5) is 14.8. The largest absolute Gasteiger partial charge is 0.321 e. The van der Waals surface area contributed by atoms with Crippen LogP contribution in [0.3, 0.4) is 0 Å². The second-order valence-electron chi connectivity index (χ2n) is 5.10. The van der Waals surface area contributed by atoms with Gasteiger partial charge < -0.3 is 10.2 Å². The highest BCUT2D eigenvalue weighted by Crippen LogP contribution is 2.22. The predicted octanol–water partition coefficient (Wildman–Crippen LogP) is 2.97. The van der Waals surface area contributed by atoms with Crippen molar-refractivity contribution >= 4 is 34.5 Å². The van der Waals surface area contributed by atoms with Gasteiger partial charge in [-0.1, -0.05) is 17.7 Å². The standard InChI is InChI=1S/C16H18ClFN2OS/c1-3-20(10-13-5-4-8-22-13)11(2)16(21)19-15-7-6-12(18)9-14(15)17/h4-9,11H,3,10H2,1-2H3,(H,19,21)/p+1/t11-/m0/s1. The number of hydrogen-bond acceptors (Lipinski definition) is 2. The third kappa shape index (κ3) is 4.29. The van der Waals surface area contributed by atoms with E-state index in [-0.39, 0.29) is 17.0 Å². The molecule has 6 heteroatoms. The maximum atomic E-state index is 13.0. The summed E-state index contributed by atoms with van der Waals surface area (Å²) < 4.78 is 13.0. The Morgan fingerprint density at radius 2 is 2.23 bits per heavy atom. The molecule has 0 saturated carbocycles. The quantitative estimate of drug-likeness (QED) is 0.832. The highest BCUT2D eigenvalue weighted by atomic mass is 35.5. The summed E-state index contributed by atoms with van der Waals surface area (Å²) in [7, 11) is 0. The zero-order valence-corrected chi connectivity index (χ0v) is 14.1. The van der Waals surface area contributed by atoms with Gasteiger partial charge in [0.15, 0.2) is 6.04 Å². The average molecular weight is 342 g/mol. The van der Waals surface area contributed by atoms with Crippen LogP contribution >= 0.6 is 22.9 Å². The van der Waals surface area contributed by atoms with Crippen LogP contribution in [0.2, 0.25) is 5.02 Å². The molecule has 118 valence electrons. The van der Waals surface area contributed by atoms with Crippen molar-refractivity contribution in [3.05, 3.63) is 51.4 Å². The number of quaternary nitrogens is 1. The number of carbonyl (C=O) groups excluding carboxylic acids is 1. The number of halogens is 2. The summed E-state index contributed by atoms with van der Waals surface area (Å²) in [5.41, 5.74) is 0.437. The minimum Gasteiger partial charge on any atom is -0.321 e. The van der Waals surface area contributed by atoms with E-state index in [0.717, 1.165) is 18.0 Å². The molecule has 1 amide bonds. The Bertz CT molecular complexity index is 633. The molecule has 0 radical (unpaired) electrons. The molecule has 1 heterocycles. The molecule has 1 aromatic carbocycles. The van der Waals surface area contributed by atoms with E-state index in [0.29, 0.717) is 5.69 Å². The molecule has 2 N–H and O–H groups in total. The summed E-state index contributed by atoms with van der Waals surface area (Å²) in [5, 5.41) is 5.02. The van der Waals surface area contributed by atoms with Crippen molar-refractivity contribution in [2.45, 2.75) is 26.4 Å². The van der Waals surface area contributed by atoms with Gasteiger partial charge in [0.1, 0.15) is 12.4 Å². The van der Waals surface area contributed by atoms with Crippen LogP contribution in [-0.4, -0.2) is 18.5 Å². The van der Waals surface area contributed by atoms with Crippen molar-refractivity contribution in [2.24, 2.45) is 0 Å². The van der Waals surface area contributed by atoms with Gasteiger partial charge in [-0.05, 0) is 43.5 Å². The van der Waals surface area contributed by atoms with Gasteiger partial charge in [0.25, 0.3) is 5.91 Å². The Hall–Kier alpha value is -1.43. The maximum Gasteiger partial charge on any atom is 0.282 e. The van der Waals surface area contributed by atoms with Gasteiger partial charge in [0, 0.05) is 0 Å². The number of thiophene rings is 1. The van der Waals surface area contributed by atoms with Crippen LogP contribution in [0.25, 0.3) is 0 Å². The SMILES string of the molecule is CC[NH+](Cc1cccs1)[C@@H](C)C(=O)Nc1ccc(F)cc1Cl. The van der Waals surface area contributed by atoms with Gasteiger partial charge >= 0.3 is 0 Å². The van der Waals surface area contributed by atoms with Crippen molar-refractivity contribution in [1.82, 2.24) is 0 Å². The molecule has 22 heavy (non-hydrogen) atoms. The lowest BCUT2D eigenvalue weighted by atomic mass is 10.2. The first-order valence-corrected chi connectivity index (χ1v) is 8.40. The Labute approximate surface area is 138 Å². The van der Waals surface area contributed by atoms with Crippen molar-refractivity contribution in [3.8, 4) is 0 Å². The van der Waals surface area contributed by atoms with Crippen molar-refractivity contribution in [3.63, 3.8) is 0 Å². The van der Waals surface area contributed by atoms with E-state index in [1.165, 1.54) is 23.1 Å². The Morgan fingerprint density at radius 1 is 1.45 bits per heavy atom. The van der Waals surface area contributed by atoms with Gasteiger partial charge in [0.05, 0.1) is 22.1 Å². The summed E-state index contributed by atoms with van der Waals surface area (Å²) in [5.74, 6) is -0.545. The van der Waals surface area contributed by atoms with E-state index in [1.807, 2.05) is 18.4 Å². The van der Waals surface area contributed by atoms with Gasteiger partial charge in [-0.2, -0.15) is 0 Å². The Balaban J connectivity index is 2.03. The minimum absolute atomic E-state index is 0.123. The molecule has 0 aliphatic rings. The van der Waals surface area contributed by atoms with Gasteiger partial charge in [0.2, 0.25) is 0 Å². The monoisotopic (exact) mass is 341 g/mol. The number of rotatable bonds is 6. The smallest absolute Gasteiger partial charge is 0.282 e. The molecule has 0 aliphatic heterocycles. The van der Waals surface area contributed by atoms with E-state index in [9.17, 15) is 9.18 Å². The Morgan fingerprint density at radius 3 is 2.82 bits per heavy atom. The Kier molecular flexibility index (Phi) is 5.94. The van der Waals surface area contributed by atoms with E-state index in [1.54, 1.807) is 11.3 Å². The first kappa shape index (κ1) is 16.9. The molecule has 2 aromatic rings. The average Bonchev–Trinajstić information content (AvgIpc) is 3.00. The molecule has 1 unspecified atom stereocenters. The summed E-state index contributed by atoms with van der Waals surface area (Å²) in [6, 6.07) is 7.80. The number of carbonyl (C=O) groups is 1. The van der Waals surface area contributed by atoms with Gasteiger partial charge in [-0.15, -0.1) is 11.3 Å². The van der Waals surface area contributed by atoms with E-state index in [2.05, 4.69) is 18.3 Å². The van der Waals surface area contributed by atoms with E-state index < -0.39 is 5.82 Å². The molecule has 1 aromatic heterocycles. The van der Waals surface area contributed by atoms with Crippen LogP contribution in [0.4, 0.5) is 10.1 Å². The zero-order chi connectivity index (χ0) is 16.1. The second-order valence-corrected chi connectivity index (χ2v) is 6.54. The molecule has 0 saturated heterocycles. The van der Waals surface area contributed by atoms with Gasteiger partial charge in [-0.3, -0.25) is 4.79 Å².